The molecule has 2 amide bonds. The Morgan fingerprint density at radius 1 is 0.592 bits per heavy atom. The van der Waals surface area contributed by atoms with Crippen molar-refractivity contribution in [2.75, 3.05) is 20.3 Å². The van der Waals surface area contributed by atoms with Crippen LogP contribution in [0.5, 0.6) is 0 Å². The number of esters is 4. The van der Waals surface area contributed by atoms with Crippen LogP contribution in [0.2, 0.25) is 0 Å². The Balaban J connectivity index is 1.21. The third-order valence-corrected chi connectivity index (χ3v) is 12.2. The Labute approximate surface area is 408 Å². The summed E-state index contributed by atoms with van der Waals surface area (Å²) >= 11 is 0. The fourth-order valence-electron chi connectivity index (χ4n) is 8.37. The van der Waals surface area contributed by atoms with E-state index in [1.54, 1.807) is 72.8 Å². The lowest BCUT2D eigenvalue weighted by Gasteiger charge is -2.47. The van der Waals surface area contributed by atoms with Gasteiger partial charge in [0, 0.05) is 18.3 Å². The van der Waals surface area contributed by atoms with Crippen LogP contribution in [0.1, 0.15) is 60.8 Å². The van der Waals surface area contributed by atoms with Crippen LogP contribution < -0.4 is 0 Å². The highest BCUT2D eigenvalue weighted by molar-refractivity contribution is 6.19. The van der Waals surface area contributed by atoms with Crippen LogP contribution in [0.15, 0.2) is 163 Å². The molecule has 2 saturated heterocycles. The predicted octanol–water partition coefficient (Wildman–Crippen LogP) is 5.65. The summed E-state index contributed by atoms with van der Waals surface area (Å²) in [6.45, 7) is 2.12. The summed E-state index contributed by atoms with van der Waals surface area (Å²) in [5, 5.41) is 12.4. The first kappa shape index (κ1) is 50.0. The molecule has 17 nitrogen and oxygen atoms in total. The van der Waals surface area contributed by atoms with Crippen LogP contribution in [-0.4, -0.2) is 127 Å². The van der Waals surface area contributed by atoms with Gasteiger partial charge in [0.1, 0.15) is 37.1 Å². The van der Waals surface area contributed by atoms with Crippen LogP contribution in [0.3, 0.4) is 0 Å². The van der Waals surface area contributed by atoms with E-state index in [9.17, 15) is 33.9 Å². The van der Waals surface area contributed by atoms with Crippen LogP contribution in [0.25, 0.3) is 0 Å². The van der Waals surface area contributed by atoms with E-state index in [2.05, 4.69) is 0 Å². The highest BCUT2D eigenvalue weighted by Crippen LogP contribution is 2.39. The van der Waals surface area contributed by atoms with Gasteiger partial charge in [-0.3, -0.25) is 14.5 Å². The number of amides is 2. The number of rotatable bonds is 18. The fourth-order valence-corrected chi connectivity index (χ4v) is 8.37. The molecule has 0 unspecified atom stereocenters. The third kappa shape index (κ3) is 11.5. The SMILES string of the molecule is CO[C@H]1O[C@H](COCc2ccccc2)[C@@H](O)[C@H](O[C@@H]2O[C@H]([C@@H](COC(=O)c3ccccc3)OC(=O)c3ccccc3)[C@H](OC(=O)c3ccccc3)[C@H]2OC(=O)c2ccccc2)[C@H]1N1C(=O)C(C)=C(C)C1=O. The molecule has 1 N–H and O–H groups in total. The summed E-state index contributed by atoms with van der Waals surface area (Å²) in [5.41, 5.74) is 1.47. The standard InChI is InChI=1S/C54H51NO16/c1-32-33(2)48(58)55(47(32)57)41-44(42(56)39(67-53(41)63-3)30-64-29-34-19-9-4-10-20-34)71-54-46(69-52(62)38-27-17-8-18-28-38)45(68-51(61)37-25-15-7-16-26-37)43(70-54)40(66-50(60)36-23-13-6-14-24-36)31-65-49(59)35-21-11-5-12-22-35/h4-28,39-46,53-54,56H,29-31H2,1-3H3/t39-,40-,41-,42-,43-,44-,45+,46-,53+,54+/m1/s1. The van der Waals surface area contributed by atoms with Gasteiger partial charge in [0.15, 0.2) is 30.9 Å². The molecule has 3 heterocycles. The summed E-state index contributed by atoms with van der Waals surface area (Å²) in [6, 6.07) is 39.3. The van der Waals surface area contributed by atoms with Crippen molar-refractivity contribution in [3.63, 3.8) is 0 Å². The molecule has 0 radical (unpaired) electrons. The van der Waals surface area contributed by atoms with Crippen molar-refractivity contribution >= 4 is 35.7 Å². The number of benzene rings is 5. The Kier molecular flexibility index (Phi) is 16.2. The van der Waals surface area contributed by atoms with E-state index < -0.39 is 104 Å². The van der Waals surface area contributed by atoms with Gasteiger partial charge < -0.3 is 47.7 Å². The Morgan fingerprint density at radius 3 is 1.56 bits per heavy atom. The van der Waals surface area contributed by atoms with Crippen molar-refractivity contribution in [1.82, 2.24) is 4.90 Å². The summed E-state index contributed by atoms with van der Waals surface area (Å²) < 4.78 is 55.6. The fraction of sp³-hybridized carbons (Fsp3) is 0.296. The quantitative estimate of drug-likeness (QED) is 0.0639. The summed E-state index contributed by atoms with van der Waals surface area (Å²) in [7, 11) is 1.28. The van der Waals surface area contributed by atoms with Gasteiger partial charge in [-0.25, -0.2) is 19.2 Å². The van der Waals surface area contributed by atoms with E-state index in [1.807, 2.05) is 30.3 Å². The molecule has 2 fully saturated rings. The minimum atomic E-state index is -1.88. The summed E-state index contributed by atoms with van der Waals surface area (Å²) in [5.74, 6) is -5.00. The Morgan fingerprint density at radius 2 is 1.06 bits per heavy atom. The zero-order chi connectivity index (χ0) is 50.0. The van der Waals surface area contributed by atoms with Gasteiger partial charge in [-0.15, -0.1) is 0 Å². The van der Waals surface area contributed by atoms with Gasteiger partial charge in [-0.2, -0.15) is 0 Å². The molecule has 0 bridgehead atoms. The second-order valence-corrected chi connectivity index (χ2v) is 16.8. The molecular formula is C54H51NO16. The molecule has 0 spiro atoms. The normalized spacial score (nSPS) is 24.6. The average Bonchev–Trinajstić information content (AvgIpc) is 3.83. The lowest BCUT2D eigenvalue weighted by molar-refractivity contribution is -0.312. The number of aliphatic hydroxyl groups excluding tert-OH is 1. The highest BCUT2D eigenvalue weighted by atomic mass is 16.8. The van der Waals surface area contributed by atoms with Gasteiger partial charge in [-0.1, -0.05) is 103 Å². The molecule has 8 rings (SSSR count). The number of carbonyl (C=O) groups is 6. The second kappa shape index (κ2) is 23.0. The van der Waals surface area contributed by atoms with E-state index in [0.29, 0.717) is 0 Å². The maximum atomic E-state index is 14.2. The number of hydrogen-bond acceptors (Lipinski definition) is 16. The smallest absolute Gasteiger partial charge is 0.338 e. The molecule has 0 aromatic heterocycles. The van der Waals surface area contributed by atoms with Gasteiger partial charge in [0.25, 0.3) is 11.8 Å². The number of hydrogen-bond donors (Lipinski definition) is 1. The van der Waals surface area contributed by atoms with E-state index >= 15 is 0 Å². The van der Waals surface area contributed by atoms with Crippen molar-refractivity contribution in [2.45, 2.75) is 81.8 Å². The van der Waals surface area contributed by atoms with Crippen molar-refractivity contribution < 1.29 is 76.5 Å². The third-order valence-electron chi connectivity index (χ3n) is 12.2. The molecular weight excluding hydrogens is 919 g/mol. The first-order valence-corrected chi connectivity index (χ1v) is 22.8. The van der Waals surface area contributed by atoms with Gasteiger partial charge in [-0.05, 0) is 67.9 Å². The molecule has 3 aliphatic rings. The number of imide groups is 1. The molecule has 3 aliphatic heterocycles. The lowest BCUT2D eigenvalue weighted by atomic mass is 9.95. The summed E-state index contributed by atoms with van der Waals surface area (Å²) in [4.78, 5) is 84.6. The maximum Gasteiger partial charge on any atom is 0.338 e. The highest BCUT2D eigenvalue weighted by Gasteiger charge is 2.60. The van der Waals surface area contributed by atoms with E-state index in [1.165, 1.54) is 69.5 Å². The monoisotopic (exact) mass is 969 g/mol. The number of aliphatic hydroxyl groups is 1. The van der Waals surface area contributed by atoms with E-state index in [4.69, 9.17) is 42.6 Å². The van der Waals surface area contributed by atoms with E-state index in [-0.39, 0.29) is 46.6 Å². The van der Waals surface area contributed by atoms with Gasteiger partial charge in [0.05, 0.1) is 35.5 Å². The molecule has 5 aromatic carbocycles. The topological polar surface area (TPSA) is 209 Å². The molecule has 10 atom stereocenters. The summed E-state index contributed by atoms with van der Waals surface area (Å²) in [6.07, 6.45) is -14.8. The van der Waals surface area contributed by atoms with Crippen LogP contribution in [0.4, 0.5) is 0 Å². The first-order chi connectivity index (χ1) is 34.4. The van der Waals surface area contributed by atoms with Crippen molar-refractivity contribution in [2.24, 2.45) is 0 Å². The molecule has 368 valence electrons. The van der Waals surface area contributed by atoms with Gasteiger partial charge >= 0.3 is 23.9 Å². The average molecular weight is 970 g/mol. The van der Waals surface area contributed by atoms with E-state index in [0.717, 1.165) is 10.5 Å². The Hall–Kier alpha value is -7.38. The minimum Gasteiger partial charge on any atom is -0.458 e. The number of nitrogens with zero attached hydrogens (tertiary/aromatic N) is 1. The van der Waals surface area contributed by atoms with Crippen molar-refractivity contribution in [3.05, 3.63) is 191 Å². The number of methoxy groups -OCH3 is 1. The molecule has 71 heavy (non-hydrogen) atoms. The number of ether oxygens (including phenoxy) is 9. The van der Waals surface area contributed by atoms with Crippen molar-refractivity contribution in [3.8, 4) is 0 Å². The molecule has 5 aromatic rings. The number of carbonyl (C=O) groups excluding carboxylic acids is 6. The zero-order valence-corrected chi connectivity index (χ0v) is 38.8. The van der Waals surface area contributed by atoms with Crippen molar-refractivity contribution in [1.29, 1.82) is 0 Å². The second-order valence-electron chi connectivity index (χ2n) is 16.8. The molecule has 0 aliphatic carbocycles. The van der Waals surface area contributed by atoms with Crippen LogP contribution in [-0.2, 0) is 58.8 Å². The zero-order valence-electron chi connectivity index (χ0n) is 38.8. The molecule has 17 heteroatoms. The maximum absolute atomic E-state index is 14.2. The largest absolute Gasteiger partial charge is 0.458 e. The van der Waals surface area contributed by atoms with Gasteiger partial charge in [0.2, 0.25) is 0 Å². The molecule has 0 saturated carbocycles. The van der Waals surface area contributed by atoms with Crippen LogP contribution in [0, 0.1) is 0 Å². The lowest BCUT2D eigenvalue weighted by Crippen LogP contribution is -2.67. The Bertz CT molecular complexity index is 2660. The van der Waals surface area contributed by atoms with Crippen LogP contribution >= 0.6 is 0 Å². The first-order valence-electron chi connectivity index (χ1n) is 22.8. The predicted molar refractivity (Wildman–Crippen MR) is 249 cm³/mol. The minimum absolute atomic E-state index is 0.0658.